The molecular weight excluding hydrogens is 369 g/mol. The Morgan fingerprint density at radius 3 is 2.42 bits per heavy atom. The number of halogens is 4. The predicted molar refractivity (Wildman–Crippen MR) is 90.8 cm³/mol. The van der Waals surface area contributed by atoms with E-state index in [9.17, 15) is 13.2 Å². The van der Waals surface area contributed by atoms with E-state index in [1.807, 2.05) is 11.9 Å². The van der Waals surface area contributed by atoms with Crippen molar-refractivity contribution in [3.8, 4) is 11.1 Å². The average molecular weight is 383 g/mol. The molecule has 10 heteroatoms. The number of fused-ring (bicyclic) bond motifs is 1. The van der Waals surface area contributed by atoms with Gasteiger partial charge in [-0.3, -0.25) is 0 Å². The first-order chi connectivity index (χ1) is 12.5. The van der Waals surface area contributed by atoms with Crippen LogP contribution in [0, 0.1) is 17.5 Å². The Hall–Kier alpha value is -2.39. The Balaban J connectivity index is 2.02. The molecule has 1 aliphatic heterocycles. The van der Waals surface area contributed by atoms with E-state index >= 15 is 0 Å². The number of hydrogen-bond donors (Lipinski definition) is 0. The van der Waals surface area contributed by atoms with Crippen molar-refractivity contribution in [3.63, 3.8) is 0 Å². The molecule has 4 rings (SSSR count). The van der Waals surface area contributed by atoms with E-state index in [4.69, 9.17) is 11.6 Å². The van der Waals surface area contributed by atoms with Crippen LogP contribution < -0.4 is 4.90 Å². The van der Waals surface area contributed by atoms with Gasteiger partial charge in [0, 0.05) is 26.2 Å². The van der Waals surface area contributed by atoms with Crippen LogP contribution in [0.3, 0.4) is 0 Å². The van der Waals surface area contributed by atoms with Crippen LogP contribution in [-0.2, 0) is 0 Å². The minimum absolute atomic E-state index is 0.0382. The summed E-state index contributed by atoms with van der Waals surface area (Å²) in [6, 6.07) is 1.60. The fourth-order valence-electron chi connectivity index (χ4n) is 3.08. The summed E-state index contributed by atoms with van der Waals surface area (Å²) < 4.78 is 44.1. The third-order valence-corrected chi connectivity index (χ3v) is 4.73. The Kier molecular flexibility index (Phi) is 4.20. The van der Waals surface area contributed by atoms with Gasteiger partial charge in [0.1, 0.15) is 23.1 Å². The van der Waals surface area contributed by atoms with Crippen LogP contribution in [0.2, 0.25) is 5.15 Å². The molecular formula is C16H14ClF3N6. The maximum Gasteiger partial charge on any atom is 0.255 e. The Bertz CT molecular complexity index is 984. The van der Waals surface area contributed by atoms with E-state index in [1.54, 1.807) is 0 Å². The Morgan fingerprint density at radius 2 is 1.69 bits per heavy atom. The van der Waals surface area contributed by atoms with Crippen LogP contribution in [0.5, 0.6) is 0 Å². The molecule has 0 unspecified atom stereocenters. The third-order valence-electron chi connectivity index (χ3n) is 4.46. The molecule has 0 spiro atoms. The van der Waals surface area contributed by atoms with Gasteiger partial charge in [0.05, 0.1) is 11.1 Å². The summed E-state index contributed by atoms with van der Waals surface area (Å²) in [4.78, 5) is 12.1. The van der Waals surface area contributed by atoms with Crippen LogP contribution in [0.25, 0.3) is 16.9 Å². The standard InChI is InChI=1S/C16H14ClF3N6/c1-24-4-6-25(7-5-24)15-12(11-9(18)2-3-10(19)13(11)20)14(17)23-16-21-8-22-26(15)16/h2-3,8H,4-7H2,1H3. The molecule has 0 amide bonds. The summed E-state index contributed by atoms with van der Waals surface area (Å²) in [6.45, 7) is 2.64. The molecule has 3 heterocycles. The fraction of sp³-hybridized carbons (Fsp3) is 0.312. The van der Waals surface area contributed by atoms with Crippen molar-refractivity contribution in [2.24, 2.45) is 0 Å². The molecule has 0 aliphatic carbocycles. The van der Waals surface area contributed by atoms with Crippen LogP contribution >= 0.6 is 11.6 Å². The van der Waals surface area contributed by atoms with Crippen molar-refractivity contribution in [2.75, 3.05) is 38.1 Å². The van der Waals surface area contributed by atoms with Gasteiger partial charge in [0.15, 0.2) is 11.6 Å². The van der Waals surface area contributed by atoms with E-state index in [2.05, 4.69) is 20.0 Å². The minimum atomic E-state index is -1.32. The highest BCUT2D eigenvalue weighted by atomic mass is 35.5. The second-order valence-corrected chi connectivity index (χ2v) is 6.44. The summed E-state index contributed by atoms with van der Waals surface area (Å²) >= 11 is 6.26. The maximum absolute atomic E-state index is 14.5. The monoisotopic (exact) mass is 382 g/mol. The van der Waals surface area contributed by atoms with E-state index in [0.717, 1.165) is 25.2 Å². The molecule has 3 aromatic rings. The lowest BCUT2D eigenvalue weighted by Gasteiger charge is -2.35. The largest absolute Gasteiger partial charge is 0.353 e. The number of rotatable bonds is 2. The molecule has 2 aromatic heterocycles. The van der Waals surface area contributed by atoms with E-state index in [1.165, 1.54) is 10.8 Å². The van der Waals surface area contributed by atoms with E-state index in [0.29, 0.717) is 18.9 Å². The topological polar surface area (TPSA) is 49.6 Å². The van der Waals surface area contributed by atoms with E-state index in [-0.39, 0.29) is 16.5 Å². The first kappa shape index (κ1) is 17.0. The third kappa shape index (κ3) is 2.67. The van der Waals surface area contributed by atoms with Gasteiger partial charge in [-0.15, -0.1) is 0 Å². The minimum Gasteiger partial charge on any atom is -0.353 e. The van der Waals surface area contributed by atoms with Gasteiger partial charge in [-0.2, -0.15) is 19.6 Å². The second-order valence-electron chi connectivity index (χ2n) is 6.08. The summed E-state index contributed by atoms with van der Waals surface area (Å²) in [7, 11) is 1.98. The molecule has 1 aromatic carbocycles. The molecule has 0 radical (unpaired) electrons. The molecule has 0 N–H and O–H groups in total. The Labute approximate surface area is 151 Å². The second kappa shape index (κ2) is 6.40. The zero-order valence-corrected chi connectivity index (χ0v) is 14.5. The zero-order valence-electron chi connectivity index (χ0n) is 13.8. The average Bonchev–Trinajstić information content (AvgIpc) is 3.07. The quantitative estimate of drug-likeness (QED) is 0.504. The first-order valence-corrected chi connectivity index (χ1v) is 8.31. The van der Waals surface area contributed by atoms with Crippen molar-refractivity contribution in [3.05, 3.63) is 41.1 Å². The summed E-state index contributed by atoms with van der Waals surface area (Å²) in [5.41, 5.74) is -0.599. The summed E-state index contributed by atoms with van der Waals surface area (Å²) in [6.07, 6.45) is 1.28. The van der Waals surface area contributed by atoms with Crippen LogP contribution in [-0.4, -0.2) is 57.7 Å². The number of hydrogen-bond acceptors (Lipinski definition) is 5. The van der Waals surface area contributed by atoms with Crippen LogP contribution in [0.1, 0.15) is 0 Å². The van der Waals surface area contributed by atoms with Crippen LogP contribution in [0.4, 0.5) is 19.0 Å². The number of piperazine rings is 1. The van der Waals surface area contributed by atoms with Crippen molar-refractivity contribution >= 4 is 23.2 Å². The Morgan fingerprint density at radius 1 is 1.00 bits per heavy atom. The van der Waals surface area contributed by atoms with E-state index < -0.39 is 23.0 Å². The number of anilines is 1. The SMILES string of the molecule is CN1CCN(c2c(-c3c(F)ccc(F)c3F)c(Cl)nc3ncnn23)CC1. The number of benzene rings is 1. The number of nitrogens with zero attached hydrogens (tertiary/aromatic N) is 6. The normalized spacial score (nSPS) is 15.8. The van der Waals surface area contributed by atoms with Gasteiger partial charge in [-0.25, -0.2) is 13.2 Å². The lowest BCUT2D eigenvalue weighted by Crippen LogP contribution is -2.45. The summed E-state index contributed by atoms with van der Waals surface area (Å²) in [5, 5.41) is 3.95. The fourth-order valence-corrected chi connectivity index (χ4v) is 3.34. The van der Waals surface area contributed by atoms with Gasteiger partial charge in [-0.05, 0) is 19.2 Å². The van der Waals surface area contributed by atoms with Crippen molar-refractivity contribution in [2.45, 2.75) is 0 Å². The highest BCUT2D eigenvalue weighted by Gasteiger charge is 2.29. The first-order valence-electron chi connectivity index (χ1n) is 7.94. The lowest BCUT2D eigenvalue weighted by molar-refractivity contribution is 0.311. The number of aromatic nitrogens is 4. The van der Waals surface area contributed by atoms with Gasteiger partial charge >= 0.3 is 0 Å². The maximum atomic E-state index is 14.5. The molecule has 0 saturated carbocycles. The highest BCUT2D eigenvalue weighted by Crippen LogP contribution is 2.39. The molecule has 1 saturated heterocycles. The van der Waals surface area contributed by atoms with Crippen molar-refractivity contribution in [1.29, 1.82) is 0 Å². The lowest BCUT2D eigenvalue weighted by atomic mass is 10.1. The number of likely N-dealkylation sites (N-methyl/N-ethyl adjacent to an activating group) is 1. The van der Waals surface area contributed by atoms with Crippen molar-refractivity contribution < 1.29 is 13.2 Å². The van der Waals surface area contributed by atoms with Gasteiger partial charge < -0.3 is 9.80 Å². The van der Waals surface area contributed by atoms with Gasteiger partial charge in [-0.1, -0.05) is 11.6 Å². The van der Waals surface area contributed by atoms with Crippen molar-refractivity contribution in [1.82, 2.24) is 24.5 Å². The molecule has 0 atom stereocenters. The predicted octanol–water partition coefficient (Wildman–Crippen LogP) is 2.61. The van der Waals surface area contributed by atoms with Crippen LogP contribution in [0.15, 0.2) is 18.5 Å². The zero-order chi connectivity index (χ0) is 18.4. The van der Waals surface area contributed by atoms with Gasteiger partial charge in [0.25, 0.3) is 5.78 Å². The molecule has 1 aliphatic rings. The molecule has 6 nitrogen and oxygen atoms in total. The molecule has 0 bridgehead atoms. The highest BCUT2D eigenvalue weighted by molar-refractivity contribution is 6.33. The smallest absolute Gasteiger partial charge is 0.255 e. The van der Waals surface area contributed by atoms with Gasteiger partial charge in [0.2, 0.25) is 0 Å². The summed E-state index contributed by atoms with van der Waals surface area (Å²) in [5.74, 6) is -2.87. The molecule has 1 fully saturated rings. The molecule has 26 heavy (non-hydrogen) atoms. The molecule has 136 valence electrons.